The van der Waals surface area contributed by atoms with Gasteiger partial charge in [0, 0.05) is 5.56 Å². The third-order valence-corrected chi connectivity index (χ3v) is 8.86. The van der Waals surface area contributed by atoms with Crippen LogP contribution >= 0.6 is 11.3 Å². The fraction of sp³-hybridized carbons (Fsp3) is 0.162. The SMILES string of the molecule is CCOC(=O)C1=C(c2ccccc2)N=c2s/c(=C\c3ccc(OCc4ccc(F)cc4)c(OC)c3)c(=O)n2[C@@H]1c1ccc2c(c1)OCO2. The van der Waals surface area contributed by atoms with E-state index in [2.05, 4.69) is 0 Å². The molecule has 0 saturated heterocycles. The van der Waals surface area contributed by atoms with E-state index in [0.717, 1.165) is 5.56 Å². The van der Waals surface area contributed by atoms with Gasteiger partial charge in [-0.2, -0.15) is 0 Å². The molecule has 2 aliphatic heterocycles. The van der Waals surface area contributed by atoms with Gasteiger partial charge in [0.15, 0.2) is 27.8 Å². The van der Waals surface area contributed by atoms with Gasteiger partial charge in [0.05, 0.1) is 35.6 Å². The molecule has 0 fully saturated rings. The van der Waals surface area contributed by atoms with Crippen LogP contribution in [0.2, 0.25) is 0 Å². The maximum Gasteiger partial charge on any atom is 0.338 e. The van der Waals surface area contributed by atoms with Crippen molar-refractivity contribution >= 4 is 29.1 Å². The summed E-state index contributed by atoms with van der Waals surface area (Å²) in [4.78, 5) is 33.3. The molecule has 1 aromatic heterocycles. The van der Waals surface area contributed by atoms with E-state index in [1.807, 2.05) is 42.5 Å². The minimum atomic E-state index is -0.857. The fourth-order valence-electron chi connectivity index (χ4n) is 5.63. The van der Waals surface area contributed by atoms with Crippen molar-refractivity contribution < 1.29 is 32.9 Å². The Labute approximate surface area is 278 Å². The number of nitrogens with zero attached hydrogens (tertiary/aromatic N) is 2. The Hall–Kier alpha value is -5.68. The predicted octanol–water partition coefficient (Wildman–Crippen LogP) is 5.39. The zero-order valence-corrected chi connectivity index (χ0v) is 26.8. The average molecular weight is 665 g/mol. The Morgan fingerprint density at radius 2 is 1.79 bits per heavy atom. The Balaban J connectivity index is 1.34. The molecule has 242 valence electrons. The molecule has 0 amide bonds. The molecule has 0 spiro atoms. The van der Waals surface area contributed by atoms with E-state index in [1.54, 1.807) is 49.4 Å². The second-order valence-electron chi connectivity index (χ2n) is 10.9. The molecule has 1 atom stereocenters. The van der Waals surface area contributed by atoms with E-state index in [0.29, 0.717) is 54.7 Å². The molecular weight excluding hydrogens is 635 g/mol. The summed E-state index contributed by atoms with van der Waals surface area (Å²) in [6.07, 6.45) is 1.75. The van der Waals surface area contributed by atoms with E-state index in [9.17, 15) is 14.0 Å². The van der Waals surface area contributed by atoms with Gasteiger partial charge in [0.25, 0.3) is 5.56 Å². The molecule has 0 bridgehead atoms. The molecule has 0 aliphatic carbocycles. The van der Waals surface area contributed by atoms with Crippen LogP contribution < -0.4 is 33.8 Å². The number of carbonyl (C=O) groups excluding carboxylic acids is 1. The van der Waals surface area contributed by atoms with Crippen molar-refractivity contribution in [3.05, 3.63) is 144 Å². The second kappa shape index (κ2) is 13.2. The topological polar surface area (TPSA) is 97.6 Å². The Morgan fingerprint density at radius 3 is 2.56 bits per heavy atom. The number of halogens is 1. The summed E-state index contributed by atoms with van der Waals surface area (Å²) in [7, 11) is 1.53. The van der Waals surface area contributed by atoms with E-state index >= 15 is 0 Å². The largest absolute Gasteiger partial charge is 0.493 e. The van der Waals surface area contributed by atoms with Gasteiger partial charge in [-0.1, -0.05) is 65.9 Å². The maximum absolute atomic E-state index is 14.3. The van der Waals surface area contributed by atoms with Gasteiger partial charge in [-0.15, -0.1) is 0 Å². The molecule has 0 saturated carbocycles. The highest BCUT2D eigenvalue weighted by Crippen LogP contribution is 2.40. The van der Waals surface area contributed by atoms with Crippen molar-refractivity contribution in [2.24, 2.45) is 4.99 Å². The summed E-state index contributed by atoms with van der Waals surface area (Å²) in [6, 6.07) is 25.3. The minimum absolute atomic E-state index is 0.0803. The third kappa shape index (κ3) is 5.95. The molecule has 0 N–H and O–H groups in total. The van der Waals surface area contributed by atoms with Crippen LogP contribution in [0.3, 0.4) is 0 Å². The first kappa shape index (κ1) is 30.9. The van der Waals surface area contributed by atoms with Crippen molar-refractivity contribution in [2.45, 2.75) is 19.6 Å². The first-order valence-corrected chi connectivity index (χ1v) is 16.0. The lowest BCUT2D eigenvalue weighted by Gasteiger charge is -2.26. The number of aromatic nitrogens is 1. The van der Waals surface area contributed by atoms with Crippen LogP contribution in [-0.2, 0) is 16.1 Å². The number of benzene rings is 4. The fourth-order valence-corrected chi connectivity index (χ4v) is 6.63. The van der Waals surface area contributed by atoms with E-state index in [-0.39, 0.29) is 37.0 Å². The molecule has 5 aromatic rings. The maximum atomic E-state index is 14.3. The molecule has 0 unspecified atom stereocenters. The Kier molecular flexibility index (Phi) is 8.51. The summed E-state index contributed by atoms with van der Waals surface area (Å²) < 4.78 is 43.5. The summed E-state index contributed by atoms with van der Waals surface area (Å²) >= 11 is 1.22. The zero-order chi connectivity index (χ0) is 33.2. The summed E-state index contributed by atoms with van der Waals surface area (Å²) in [5.41, 5.74) is 3.19. The second-order valence-corrected chi connectivity index (χ2v) is 11.9. The van der Waals surface area contributed by atoms with Crippen LogP contribution in [0.4, 0.5) is 4.39 Å². The number of hydrogen-bond acceptors (Lipinski definition) is 9. The molecule has 3 heterocycles. The predicted molar refractivity (Wildman–Crippen MR) is 177 cm³/mol. The smallest absolute Gasteiger partial charge is 0.338 e. The van der Waals surface area contributed by atoms with Crippen LogP contribution in [-0.4, -0.2) is 31.0 Å². The van der Waals surface area contributed by atoms with Crippen molar-refractivity contribution in [1.29, 1.82) is 0 Å². The van der Waals surface area contributed by atoms with E-state index in [1.165, 1.54) is 35.1 Å². The average Bonchev–Trinajstić information content (AvgIpc) is 3.71. The summed E-state index contributed by atoms with van der Waals surface area (Å²) in [5, 5.41) is 0. The van der Waals surface area contributed by atoms with Gasteiger partial charge in [-0.05, 0) is 66.1 Å². The van der Waals surface area contributed by atoms with Gasteiger partial charge in [-0.3, -0.25) is 9.36 Å². The van der Waals surface area contributed by atoms with Gasteiger partial charge in [0.1, 0.15) is 12.4 Å². The van der Waals surface area contributed by atoms with Crippen LogP contribution in [0.5, 0.6) is 23.0 Å². The molecule has 2 aliphatic rings. The van der Waals surface area contributed by atoms with Gasteiger partial charge >= 0.3 is 5.97 Å². The Bertz CT molecular complexity index is 2230. The Morgan fingerprint density at radius 1 is 1.00 bits per heavy atom. The first-order chi connectivity index (χ1) is 23.4. The highest BCUT2D eigenvalue weighted by Gasteiger charge is 2.36. The van der Waals surface area contributed by atoms with Crippen molar-refractivity contribution in [2.75, 3.05) is 20.5 Å². The number of methoxy groups -OCH3 is 1. The highest BCUT2D eigenvalue weighted by molar-refractivity contribution is 7.07. The van der Waals surface area contributed by atoms with Gasteiger partial charge in [0.2, 0.25) is 6.79 Å². The number of ether oxygens (including phenoxy) is 5. The minimum Gasteiger partial charge on any atom is -0.493 e. The molecule has 0 radical (unpaired) electrons. The highest BCUT2D eigenvalue weighted by atomic mass is 32.1. The molecule has 9 nitrogen and oxygen atoms in total. The third-order valence-electron chi connectivity index (χ3n) is 7.88. The monoisotopic (exact) mass is 664 g/mol. The number of carbonyl (C=O) groups is 1. The number of rotatable bonds is 9. The van der Waals surface area contributed by atoms with Gasteiger partial charge < -0.3 is 23.7 Å². The molecular formula is C37H29FN2O7S. The lowest BCUT2D eigenvalue weighted by atomic mass is 9.93. The standard InChI is InChI=1S/C37H29FN2O7S/c1-3-44-36(42)32-33(24-7-5-4-6-8-24)39-37-40(34(32)25-12-16-28-30(19-25)47-21-46-28)35(41)31(48-37)18-23-11-15-27(29(17-23)43-2)45-20-22-9-13-26(38)14-10-22/h4-19,34H,3,20-21H2,1-2H3/b31-18-/t34-/m1/s1. The lowest BCUT2D eigenvalue weighted by Crippen LogP contribution is -2.40. The van der Waals surface area contributed by atoms with Crippen LogP contribution in [0.1, 0.15) is 35.2 Å². The first-order valence-electron chi connectivity index (χ1n) is 15.2. The molecule has 11 heteroatoms. The summed E-state index contributed by atoms with van der Waals surface area (Å²) in [5.74, 6) is 1.17. The zero-order valence-electron chi connectivity index (χ0n) is 26.0. The molecule has 4 aromatic carbocycles. The summed E-state index contributed by atoms with van der Waals surface area (Å²) in [6.45, 7) is 2.19. The van der Waals surface area contributed by atoms with Crippen molar-refractivity contribution in [1.82, 2.24) is 4.57 Å². The number of hydrogen-bond donors (Lipinski definition) is 0. The molecule has 7 rings (SSSR count). The van der Waals surface area contributed by atoms with Crippen LogP contribution in [0.15, 0.2) is 106 Å². The van der Waals surface area contributed by atoms with Crippen LogP contribution in [0.25, 0.3) is 11.8 Å². The number of fused-ring (bicyclic) bond motifs is 2. The number of thiazole rings is 1. The number of esters is 1. The van der Waals surface area contributed by atoms with Crippen molar-refractivity contribution in [3.63, 3.8) is 0 Å². The lowest BCUT2D eigenvalue weighted by molar-refractivity contribution is -0.138. The quantitative estimate of drug-likeness (QED) is 0.195. The van der Waals surface area contributed by atoms with Crippen molar-refractivity contribution in [3.8, 4) is 23.0 Å². The van der Waals surface area contributed by atoms with E-state index < -0.39 is 12.0 Å². The van der Waals surface area contributed by atoms with Gasteiger partial charge in [-0.25, -0.2) is 14.2 Å². The normalized spacial score (nSPS) is 15.1. The molecule has 48 heavy (non-hydrogen) atoms. The van der Waals surface area contributed by atoms with Crippen LogP contribution in [0, 0.1) is 5.82 Å². The van der Waals surface area contributed by atoms with E-state index in [4.69, 9.17) is 28.7 Å².